The number of nitrogens with one attached hydrogen (secondary N) is 2. The molecule has 3 nitrogen and oxygen atoms in total. The summed E-state index contributed by atoms with van der Waals surface area (Å²) in [5.41, 5.74) is 1.68. The highest BCUT2D eigenvalue weighted by molar-refractivity contribution is 6.68. The molecule has 1 heterocycles. The first-order valence-corrected chi connectivity index (χ1v) is 7.80. The van der Waals surface area contributed by atoms with Gasteiger partial charge in [-0.3, -0.25) is 10.1 Å². The number of halogens is 3. The van der Waals surface area contributed by atoms with Gasteiger partial charge in [0.25, 0.3) is 9.70 Å². The van der Waals surface area contributed by atoms with E-state index in [4.69, 9.17) is 34.8 Å². The number of rotatable bonds is 3. The molecule has 1 fully saturated rings. The van der Waals surface area contributed by atoms with E-state index in [1.807, 2.05) is 19.1 Å². The Morgan fingerprint density at radius 3 is 2.25 bits per heavy atom. The average molecular weight is 337 g/mol. The summed E-state index contributed by atoms with van der Waals surface area (Å²) in [5, 5.41) is 2.86. The molecule has 2 rings (SSSR count). The lowest BCUT2D eigenvalue weighted by Crippen LogP contribution is -3.17. The van der Waals surface area contributed by atoms with Crippen molar-refractivity contribution in [2.24, 2.45) is 0 Å². The van der Waals surface area contributed by atoms with Gasteiger partial charge in [0.15, 0.2) is 0 Å². The minimum absolute atomic E-state index is 0.208. The fourth-order valence-electron chi connectivity index (χ4n) is 2.45. The second kappa shape index (κ2) is 6.52. The summed E-state index contributed by atoms with van der Waals surface area (Å²) in [6.45, 7) is 3.79. The Balaban J connectivity index is 2.11. The lowest BCUT2D eigenvalue weighted by Gasteiger charge is -2.30. The van der Waals surface area contributed by atoms with Crippen LogP contribution in [0, 0.1) is 6.92 Å². The highest BCUT2D eigenvalue weighted by Gasteiger charge is 2.43. The van der Waals surface area contributed by atoms with E-state index < -0.39 is 9.96 Å². The number of carbonyl (C=O) groups excluding carboxylic acids is 1. The quantitative estimate of drug-likeness (QED) is 0.814. The minimum atomic E-state index is -1.51. The van der Waals surface area contributed by atoms with E-state index in [1.165, 1.54) is 0 Å². The Kier molecular flexibility index (Phi) is 5.19. The van der Waals surface area contributed by atoms with Crippen molar-refractivity contribution in [1.82, 2.24) is 5.32 Å². The van der Waals surface area contributed by atoms with Crippen molar-refractivity contribution in [3.8, 4) is 0 Å². The topological polar surface area (TPSA) is 33.5 Å². The molecule has 110 valence electrons. The van der Waals surface area contributed by atoms with Gasteiger partial charge in [-0.1, -0.05) is 52.5 Å². The minimum Gasteiger partial charge on any atom is -0.312 e. The number of aryl methyl sites for hydroxylation is 1. The lowest BCUT2D eigenvalue weighted by molar-refractivity contribution is -0.915. The smallest absolute Gasteiger partial charge is 0.262 e. The van der Waals surface area contributed by atoms with Crippen LogP contribution >= 0.6 is 34.8 Å². The van der Waals surface area contributed by atoms with E-state index >= 15 is 0 Å². The first-order valence-electron chi connectivity index (χ1n) is 6.67. The predicted molar refractivity (Wildman–Crippen MR) is 82.7 cm³/mol. The molecule has 0 bridgehead atoms. The summed E-state index contributed by atoms with van der Waals surface area (Å²) in [7, 11) is 0. The van der Waals surface area contributed by atoms with Gasteiger partial charge in [-0.05, 0) is 19.1 Å². The maximum absolute atomic E-state index is 12.3. The van der Waals surface area contributed by atoms with Crippen molar-refractivity contribution in [1.29, 1.82) is 0 Å². The summed E-state index contributed by atoms with van der Waals surface area (Å²) in [6.07, 6.45) is 1.66. The molecule has 0 saturated carbocycles. The van der Waals surface area contributed by atoms with E-state index in [1.54, 1.807) is 12.1 Å². The van der Waals surface area contributed by atoms with Gasteiger partial charge in [0.2, 0.25) is 6.17 Å². The molecule has 1 aromatic rings. The van der Waals surface area contributed by atoms with Crippen LogP contribution in [0.4, 0.5) is 0 Å². The Bertz CT molecular complexity index is 464. The number of amides is 1. The molecule has 0 unspecified atom stereocenters. The number of hydrogen-bond acceptors (Lipinski definition) is 1. The van der Waals surface area contributed by atoms with Crippen LogP contribution in [-0.4, -0.2) is 29.0 Å². The van der Waals surface area contributed by atoms with Crippen LogP contribution in [0.25, 0.3) is 0 Å². The monoisotopic (exact) mass is 335 g/mol. The molecule has 0 radical (unpaired) electrons. The van der Waals surface area contributed by atoms with Gasteiger partial charge >= 0.3 is 0 Å². The van der Waals surface area contributed by atoms with E-state index in [9.17, 15) is 4.79 Å². The SMILES string of the molecule is Cc1ccc(C(=O)N[C@@H]([NH+]2CCCC2)C(Cl)(Cl)Cl)cc1. The molecule has 0 aliphatic carbocycles. The van der Waals surface area contributed by atoms with Crippen LogP contribution < -0.4 is 10.2 Å². The van der Waals surface area contributed by atoms with Gasteiger partial charge in [-0.25, -0.2) is 0 Å². The van der Waals surface area contributed by atoms with Gasteiger partial charge in [-0.15, -0.1) is 0 Å². The number of benzene rings is 1. The highest BCUT2D eigenvalue weighted by Crippen LogP contribution is 2.28. The standard InChI is InChI=1S/C14H17Cl3N2O/c1-10-4-6-11(7-5-10)12(20)18-13(14(15,16)17)19-8-2-3-9-19/h4-7,13H,2-3,8-9H2,1H3,(H,18,20)/p+1/t13-/m0/s1. The number of likely N-dealkylation sites (tertiary alicyclic amines) is 1. The molecule has 0 aromatic heterocycles. The van der Waals surface area contributed by atoms with E-state index in [2.05, 4.69) is 5.32 Å². The van der Waals surface area contributed by atoms with Crippen LogP contribution in [-0.2, 0) is 0 Å². The van der Waals surface area contributed by atoms with E-state index in [0.29, 0.717) is 5.56 Å². The zero-order valence-corrected chi connectivity index (χ0v) is 13.5. The number of quaternary nitrogens is 1. The second-order valence-electron chi connectivity index (χ2n) is 5.18. The third-order valence-corrected chi connectivity index (χ3v) is 4.23. The van der Waals surface area contributed by atoms with Crippen molar-refractivity contribution in [2.45, 2.75) is 29.7 Å². The van der Waals surface area contributed by atoms with Crippen LogP contribution in [0.15, 0.2) is 24.3 Å². The van der Waals surface area contributed by atoms with Gasteiger partial charge in [0.1, 0.15) is 0 Å². The first-order chi connectivity index (χ1) is 9.38. The van der Waals surface area contributed by atoms with Gasteiger partial charge in [-0.2, -0.15) is 0 Å². The number of carbonyl (C=O) groups is 1. The van der Waals surface area contributed by atoms with Crippen LogP contribution in [0.1, 0.15) is 28.8 Å². The Morgan fingerprint density at radius 1 is 1.20 bits per heavy atom. The van der Waals surface area contributed by atoms with Crippen molar-refractivity contribution in [3.05, 3.63) is 35.4 Å². The van der Waals surface area contributed by atoms with Crippen molar-refractivity contribution < 1.29 is 9.69 Å². The first kappa shape index (κ1) is 15.9. The highest BCUT2D eigenvalue weighted by atomic mass is 35.6. The maximum Gasteiger partial charge on any atom is 0.262 e. The Labute approximate surface area is 134 Å². The fraction of sp³-hybridized carbons (Fsp3) is 0.500. The molecule has 2 N–H and O–H groups in total. The summed E-state index contributed by atoms with van der Waals surface area (Å²) >= 11 is 18.1. The lowest BCUT2D eigenvalue weighted by atomic mass is 10.1. The van der Waals surface area contributed by atoms with Gasteiger partial charge < -0.3 is 4.90 Å². The van der Waals surface area contributed by atoms with Crippen molar-refractivity contribution in [3.63, 3.8) is 0 Å². The summed E-state index contributed by atoms with van der Waals surface area (Å²) in [6, 6.07) is 7.34. The Hall–Kier alpha value is -0.480. The average Bonchev–Trinajstić information content (AvgIpc) is 2.88. The molecular weight excluding hydrogens is 319 g/mol. The predicted octanol–water partition coefficient (Wildman–Crippen LogP) is 2.10. The number of hydrogen-bond donors (Lipinski definition) is 2. The van der Waals surface area contributed by atoms with E-state index in [0.717, 1.165) is 36.4 Å². The molecule has 1 aromatic carbocycles. The van der Waals surface area contributed by atoms with Gasteiger partial charge in [0.05, 0.1) is 13.1 Å². The van der Waals surface area contributed by atoms with Crippen LogP contribution in [0.5, 0.6) is 0 Å². The molecule has 1 saturated heterocycles. The molecule has 1 atom stereocenters. The summed E-state index contributed by atoms with van der Waals surface area (Å²) in [4.78, 5) is 13.4. The third kappa shape index (κ3) is 4.01. The normalized spacial score (nSPS) is 18.0. The molecule has 1 aliphatic rings. The molecule has 1 aliphatic heterocycles. The van der Waals surface area contributed by atoms with Crippen LogP contribution in [0.2, 0.25) is 0 Å². The zero-order chi connectivity index (χ0) is 14.8. The van der Waals surface area contributed by atoms with Crippen LogP contribution in [0.3, 0.4) is 0 Å². The van der Waals surface area contributed by atoms with Gasteiger partial charge in [0, 0.05) is 18.4 Å². The fourth-order valence-corrected chi connectivity index (χ4v) is 3.08. The second-order valence-corrected chi connectivity index (χ2v) is 7.55. The third-order valence-electron chi connectivity index (χ3n) is 3.57. The summed E-state index contributed by atoms with van der Waals surface area (Å²) in [5.74, 6) is -0.208. The zero-order valence-electron chi connectivity index (χ0n) is 11.3. The molecule has 6 heteroatoms. The summed E-state index contributed by atoms with van der Waals surface area (Å²) < 4.78 is -1.51. The maximum atomic E-state index is 12.3. The van der Waals surface area contributed by atoms with Crippen molar-refractivity contribution in [2.75, 3.05) is 13.1 Å². The molecule has 20 heavy (non-hydrogen) atoms. The molecule has 0 spiro atoms. The molecular formula is C14H18Cl3N2O+. The molecule has 1 amide bonds. The Morgan fingerprint density at radius 2 is 1.75 bits per heavy atom. The van der Waals surface area contributed by atoms with E-state index in [-0.39, 0.29) is 5.91 Å². The van der Waals surface area contributed by atoms with Crippen molar-refractivity contribution >= 4 is 40.7 Å². The number of alkyl halides is 3. The largest absolute Gasteiger partial charge is 0.312 e.